The van der Waals surface area contributed by atoms with Gasteiger partial charge in [0.05, 0.1) is 17.9 Å². The standard InChI is InChI=1S/C14H14FN5S/c1-20-8-11(6-17-20)14(10-2-4-12(15)5-3-10)16-7-13-9-21-19-18-13/h2-6,8-9,14,16H,7H2,1H3/t14-/m0/s1. The highest BCUT2D eigenvalue weighted by atomic mass is 32.1. The van der Waals surface area contributed by atoms with Gasteiger partial charge >= 0.3 is 0 Å². The van der Waals surface area contributed by atoms with Crippen LogP contribution in [0.1, 0.15) is 22.9 Å². The quantitative estimate of drug-likeness (QED) is 0.786. The lowest BCUT2D eigenvalue weighted by atomic mass is 10.0. The van der Waals surface area contributed by atoms with Gasteiger partial charge in [0.2, 0.25) is 0 Å². The van der Waals surface area contributed by atoms with E-state index in [1.165, 1.54) is 23.7 Å². The number of hydrogen-bond acceptors (Lipinski definition) is 5. The lowest BCUT2D eigenvalue weighted by molar-refractivity contribution is 0.590. The van der Waals surface area contributed by atoms with Crippen LogP contribution in [0.25, 0.3) is 0 Å². The summed E-state index contributed by atoms with van der Waals surface area (Å²) in [5.74, 6) is -0.243. The number of aryl methyl sites for hydroxylation is 1. The predicted molar refractivity (Wildman–Crippen MR) is 78.2 cm³/mol. The second-order valence-electron chi connectivity index (χ2n) is 4.71. The fourth-order valence-electron chi connectivity index (χ4n) is 2.14. The zero-order chi connectivity index (χ0) is 14.7. The minimum Gasteiger partial charge on any atom is -0.300 e. The Hall–Kier alpha value is -2.12. The molecule has 2 aromatic heterocycles. The van der Waals surface area contributed by atoms with Crippen LogP contribution >= 0.6 is 11.5 Å². The van der Waals surface area contributed by atoms with Crippen molar-refractivity contribution in [1.82, 2.24) is 24.7 Å². The molecule has 0 bridgehead atoms. The molecule has 0 fully saturated rings. The lowest BCUT2D eigenvalue weighted by Gasteiger charge is -2.17. The first kappa shape index (κ1) is 13.8. The van der Waals surface area contributed by atoms with Crippen LogP contribution in [-0.2, 0) is 13.6 Å². The molecule has 0 saturated carbocycles. The summed E-state index contributed by atoms with van der Waals surface area (Å²) in [5.41, 5.74) is 2.89. The Morgan fingerprint density at radius 2 is 2.10 bits per heavy atom. The molecule has 1 atom stereocenters. The minimum atomic E-state index is -0.243. The maximum atomic E-state index is 13.1. The fraction of sp³-hybridized carbons (Fsp3) is 0.214. The van der Waals surface area contributed by atoms with Gasteiger partial charge in [0.15, 0.2) is 0 Å². The van der Waals surface area contributed by atoms with E-state index in [2.05, 4.69) is 20.0 Å². The van der Waals surface area contributed by atoms with E-state index in [0.29, 0.717) is 6.54 Å². The Morgan fingerprint density at radius 1 is 1.29 bits per heavy atom. The summed E-state index contributed by atoms with van der Waals surface area (Å²) < 4.78 is 18.7. The Kier molecular flexibility index (Phi) is 4.03. The molecule has 3 rings (SSSR count). The van der Waals surface area contributed by atoms with Crippen molar-refractivity contribution >= 4 is 11.5 Å². The van der Waals surface area contributed by atoms with Crippen molar-refractivity contribution in [2.75, 3.05) is 0 Å². The van der Waals surface area contributed by atoms with Crippen molar-refractivity contribution in [3.8, 4) is 0 Å². The number of benzene rings is 1. The van der Waals surface area contributed by atoms with E-state index in [-0.39, 0.29) is 11.9 Å². The zero-order valence-corrected chi connectivity index (χ0v) is 12.2. The van der Waals surface area contributed by atoms with Crippen molar-refractivity contribution in [2.24, 2.45) is 7.05 Å². The van der Waals surface area contributed by atoms with Crippen LogP contribution in [0.15, 0.2) is 42.0 Å². The first-order chi connectivity index (χ1) is 10.2. The maximum absolute atomic E-state index is 13.1. The summed E-state index contributed by atoms with van der Waals surface area (Å²) in [6.45, 7) is 0.591. The van der Waals surface area contributed by atoms with Crippen molar-refractivity contribution < 1.29 is 4.39 Å². The van der Waals surface area contributed by atoms with Gasteiger partial charge in [0.25, 0.3) is 0 Å². The highest BCUT2D eigenvalue weighted by molar-refractivity contribution is 7.03. The van der Waals surface area contributed by atoms with Gasteiger partial charge in [-0.15, -0.1) is 5.10 Å². The summed E-state index contributed by atoms with van der Waals surface area (Å²) in [7, 11) is 1.87. The molecule has 0 radical (unpaired) electrons. The molecule has 0 unspecified atom stereocenters. The first-order valence-corrected chi connectivity index (χ1v) is 7.29. The number of halogens is 1. The number of aromatic nitrogens is 4. The molecule has 21 heavy (non-hydrogen) atoms. The number of rotatable bonds is 5. The monoisotopic (exact) mass is 303 g/mol. The van der Waals surface area contributed by atoms with Crippen LogP contribution in [0.5, 0.6) is 0 Å². The molecule has 7 heteroatoms. The molecule has 1 aromatic carbocycles. The van der Waals surface area contributed by atoms with E-state index in [9.17, 15) is 4.39 Å². The lowest BCUT2D eigenvalue weighted by Crippen LogP contribution is -2.22. The van der Waals surface area contributed by atoms with E-state index in [4.69, 9.17) is 0 Å². The van der Waals surface area contributed by atoms with Crippen molar-refractivity contribution in [1.29, 1.82) is 0 Å². The molecular weight excluding hydrogens is 289 g/mol. The van der Waals surface area contributed by atoms with Gasteiger partial charge < -0.3 is 5.32 Å². The molecule has 0 aliphatic heterocycles. The number of hydrogen-bond donors (Lipinski definition) is 1. The smallest absolute Gasteiger partial charge is 0.123 e. The first-order valence-electron chi connectivity index (χ1n) is 6.46. The topological polar surface area (TPSA) is 55.6 Å². The predicted octanol–water partition coefficient (Wildman–Crippen LogP) is 2.29. The second-order valence-corrected chi connectivity index (χ2v) is 5.32. The molecule has 0 amide bonds. The molecule has 3 aromatic rings. The molecular formula is C14H14FN5S. The molecule has 1 N–H and O–H groups in total. The van der Waals surface area contributed by atoms with E-state index < -0.39 is 0 Å². The average molecular weight is 303 g/mol. The van der Waals surface area contributed by atoms with Crippen LogP contribution in [0.2, 0.25) is 0 Å². The van der Waals surface area contributed by atoms with Gasteiger partial charge in [-0.1, -0.05) is 16.6 Å². The molecule has 0 saturated heterocycles. The molecule has 0 spiro atoms. The summed E-state index contributed by atoms with van der Waals surface area (Å²) in [6, 6.07) is 6.41. The fourth-order valence-corrected chi connectivity index (χ4v) is 2.59. The van der Waals surface area contributed by atoms with Gasteiger partial charge in [-0.25, -0.2) is 4.39 Å². The number of nitrogens with zero attached hydrogens (tertiary/aromatic N) is 4. The summed E-state index contributed by atoms with van der Waals surface area (Å²) in [5, 5.41) is 13.5. The van der Waals surface area contributed by atoms with Crippen molar-refractivity contribution in [3.05, 3.63) is 64.7 Å². The van der Waals surface area contributed by atoms with Crippen LogP contribution in [0.4, 0.5) is 4.39 Å². The van der Waals surface area contributed by atoms with Gasteiger partial charge in [-0.05, 0) is 29.2 Å². The molecule has 0 aliphatic carbocycles. The largest absolute Gasteiger partial charge is 0.300 e. The van der Waals surface area contributed by atoms with E-state index >= 15 is 0 Å². The highest BCUT2D eigenvalue weighted by Crippen LogP contribution is 2.22. The minimum absolute atomic E-state index is 0.0685. The van der Waals surface area contributed by atoms with Crippen LogP contribution in [-0.4, -0.2) is 19.4 Å². The molecule has 2 heterocycles. The Balaban J connectivity index is 1.85. The average Bonchev–Trinajstić information content (AvgIpc) is 3.13. The zero-order valence-electron chi connectivity index (χ0n) is 11.4. The van der Waals surface area contributed by atoms with Gasteiger partial charge in [0, 0.05) is 30.7 Å². The number of nitrogens with one attached hydrogen (secondary N) is 1. The van der Waals surface area contributed by atoms with Crippen LogP contribution in [0.3, 0.4) is 0 Å². The van der Waals surface area contributed by atoms with E-state index in [0.717, 1.165) is 16.8 Å². The molecule has 0 aliphatic rings. The van der Waals surface area contributed by atoms with E-state index in [1.807, 2.05) is 18.6 Å². The van der Waals surface area contributed by atoms with Gasteiger partial charge in [0.1, 0.15) is 5.82 Å². The SMILES string of the molecule is Cn1cc([C@@H](NCc2csnn2)c2ccc(F)cc2)cn1. The Labute approximate surface area is 125 Å². The molecule has 5 nitrogen and oxygen atoms in total. The summed E-state index contributed by atoms with van der Waals surface area (Å²) in [6.07, 6.45) is 3.75. The van der Waals surface area contributed by atoms with E-state index in [1.54, 1.807) is 23.0 Å². The Morgan fingerprint density at radius 3 is 2.71 bits per heavy atom. The normalized spacial score (nSPS) is 12.5. The third-order valence-corrected chi connectivity index (χ3v) is 3.71. The molecule has 108 valence electrons. The Bertz CT molecular complexity index is 692. The highest BCUT2D eigenvalue weighted by Gasteiger charge is 2.16. The van der Waals surface area contributed by atoms with Crippen LogP contribution < -0.4 is 5.32 Å². The third kappa shape index (κ3) is 3.32. The van der Waals surface area contributed by atoms with Gasteiger partial charge in [-0.3, -0.25) is 4.68 Å². The van der Waals surface area contributed by atoms with Gasteiger partial charge in [-0.2, -0.15) is 5.10 Å². The van der Waals surface area contributed by atoms with Crippen molar-refractivity contribution in [3.63, 3.8) is 0 Å². The maximum Gasteiger partial charge on any atom is 0.123 e. The van der Waals surface area contributed by atoms with Crippen molar-refractivity contribution in [2.45, 2.75) is 12.6 Å². The summed E-state index contributed by atoms with van der Waals surface area (Å²) in [4.78, 5) is 0. The van der Waals surface area contributed by atoms with Crippen LogP contribution in [0, 0.1) is 5.82 Å². The summed E-state index contributed by atoms with van der Waals surface area (Å²) >= 11 is 1.32. The second kappa shape index (κ2) is 6.11. The third-order valence-electron chi connectivity index (χ3n) is 3.15.